The molecule has 5 rings (SSSR count). The number of carbonyl (C=O) groups is 2. The lowest BCUT2D eigenvalue weighted by Gasteiger charge is -2.36. The molecule has 0 bridgehead atoms. The third-order valence-electron chi connectivity index (χ3n) is 6.83. The van der Waals surface area contributed by atoms with E-state index in [0.29, 0.717) is 18.7 Å². The molecule has 2 aromatic carbocycles. The SMILES string of the molecule is O=C1CCCC[C@@H]1n1cnc(C(=O)N2CCNC[C@H]2Cc2ccccc2)c1-c1ccccc1. The van der Waals surface area contributed by atoms with Gasteiger partial charge in [-0.05, 0) is 24.8 Å². The van der Waals surface area contributed by atoms with Gasteiger partial charge in [0.1, 0.15) is 0 Å². The molecule has 6 nitrogen and oxygen atoms in total. The number of carbonyl (C=O) groups excluding carboxylic acids is 2. The van der Waals surface area contributed by atoms with Crippen molar-refractivity contribution in [2.45, 2.75) is 44.2 Å². The number of aromatic nitrogens is 2. The van der Waals surface area contributed by atoms with Crippen LogP contribution in [-0.4, -0.2) is 51.8 Å². The summed E-state index contributed by atoms with van der Waals surface area (Å²) in [5.41, 5.74) is 3.34. The standard InChI is InChI=1S/C27H30N4O2/c32-24-14-8-7-13-23(24)31-19-29-25(26(31)21-11-5-2-6-12-21)27(33)30-16-15-28-18-22(30)17-20-9-3-1-4-10-20/h1-6,9-12,19,22-23,28H,7-8,13-18H2/t22-,23+/m1/s1. The lowest BCUT2D eigenvalue weighted by atomic mass is 9.93. The van der Waals surface area contributed by atoms with Crippen LogP contribution >= 0.6 is 0 Å². The van der Waals surface area contributed by atoms with E-state index >= 15 is 0 Å². The normalized spacial score (nSPS) is 21.2. The Balaban J connectivity index is 1.51. The van der Waals surface area contributed by atoms with E-state index in [1.807, 2.05) is 58.0 Å². The summed E-state index contributed by atoms with van der Waals surface area (Å²) >= 11 is 0. The molecular formula is C27H30N4O2. The van der Waals surface area contributed by atoms with Gasteiger partial charge in [0.05, 0.1) is 18.1 Å². The minimum absolute atomic E-state index is 0.0544. The maximum atomic E-state index is 13.9. The summed E-state index contributed by atoms with van der Waals surface area (Å²) in [5.74, 6) is 0.178. The van der Waals surface area contributed by atoms with E-state index in [4.69, 9.17) is 0 Å². The van der Waals surface area contributed by atoms with Gasteiger partial charge in [-0.2, -0.15) is 0 Å². The van der Waals surface area contributed by atoms with Crippen molar-refractivity contribution >= 4 is 11.7 Å². The number of ketones is 1. The van der Waals surface area contributed by atoms with E-state index < -0.39 is 0 Å². The van der Waals surface area contributed by atoms with Crippen molar-refractivity contribution in [3.63, 3.8) is 0 Å². The van der Waals surface area contributed by atoms with Gasteiger partial charge in [0, 0.05) is 37.7 Å². The van der Waals surface area contributed by atoms with Gasteiger partial charge in [0.25, 0.3) is 5.91 Å². The van der Waals surface area contributed by atoms with E-state index in [1.54, 1.807) is 6.33 Å². The summed E-state index contributed by atoms with van der Waals surface area (Å²) in [6.07, 6.45) is 5.85. The third-order valence-corrected chi connectivity index (χ3v) is 6.83. The Bertz CT molecular complexity index is 1110. The number of nitrogens with one attached hydrogen (secondary N) is 1. The second-order valence-electron chi connectivity index (χ2n) is 8.99. The molecule has 2 aliphatic rings. The summed E-state index contributed by atoms with van der Waals surface area (Å²) in [6.45, 7) is 2.16. The average Bonchev–Trinajstić information content (AvgIpc) is 3.30. The van der Waals surface area contributed by atoms with E-state index in [-0.39, 0.29) is 23.8 Å². The highest BCUT2D eigenvalue weighted by Gasteiger charge is 2.34. The van der Waals surface area contributed by atoms with Crippen LogP contribution in [0.5, 0.6) is 0 Å². The summed E-state index contributed by atoms with van der Waals surface area (Å²) in [4.78, 5) is 33.3. The van der Waals surface area contributed by atoms with E-state index in [1.165, 1.54) is 5.56 Å². The van der Waals surface area contributed by atoms with Crippen LogP contribution in [0.3, 0.4) is 0 Å². The molecule has 1 N–H and O–H groups in total. The number of hydrogen-bond donors (Lipinski definition) is 1. The molecular weight excluding hydrogens is 412 g/mol. The quantitative estimate of drug-likeness (QED) is 0.651. The molecule has 1 aliphatic heterocycles. The van der Waals surface area contributed by atoms with Crippen LogP contribution in [0, 0.1) is 0 Å². The Labute approximate surface area is 194 Å². The first-order valence-electron chi connectivity index (χ1n) is 11.9. The van der Waals surface area contributed by atoms with Gasteiger partial charge < -0.3 is 14.8 Å². The van der Waals surface area contributed by atoms with Crippen molar-refractivity contribution in [2.24, 2.45) is 0 Å². The molecule has 1 amide bonds. The van der Waals surface area contributed by atoms with Crippen LogP contribution in [0.4, 0.5) is 0 Å². The highest BCUT2D eigenvalue weighted by Crippen LogP contribution is 2.33. The van der Waals surface area contributed by atoms with Crippen molar-refractivity contribution in [3.05, 3.63) is 78.2 Å². The van der Waals surface area contributed by atoms with Crippen LogP contribution in [0.1, 0.15) is 47.8 Å². The van der Waals surface area contributed by atoms with Crippen LogP contribution < -0.4 is 5.32 Å². The van der Waals surface area contributed by atoms with Crippen molar-refractivity contribution < 1.29 is 9.59 Å². The number of amides is 1. The smallest absolute Gasteiger partial charge is 0.275 e. The second-order valence-corrected chi connectivity index (χ2v) is 8.99. The van der Waals surface area contributed by atoms with Gasteiger partial charge in [-0.3, -0.25) is 9.59 Å². The largest absolute Gasteiger partial charge is 0.331 e. The minimum Gasteiger partial charge on any atom is -0.331 e. The van der Waals surface area contributed by atoms with Crippen molar-refractivity contribution in [2.75, 3.05) is 19.6 Å². The summed E-state index contributed by atoms with van der Waals surface area (Å²) < 4.78 is 1.96. The zero-order valence-corrected chi connectivity index (χ0v) is 18.8. The van der Waals surface area contributed by atoms with E-state index in [0.717, 1.165) is 50.0 Å². The molecule has 0 spiro atoms. The van der Waals surface area contributed by atoms with Gasteiger partial charge in [-0.15, -0.1) is 0 Å². The molecule has 1 saturated heterocycles. The molecule has 1 aliphatic carbocycles. The first-order chi connectivity index (χ1) is 16.2. The fourth-order valence-electron chi connectivity index (χ4n) is 5.13. The Morgan fingerprint density at radius 2 is 1.79 bits per heavy atom. The predicted molar refractivity (Wildman–Crippen MR) is 128 cm³/mol. The van der Waals surface area contributed by atoms with Crippen molar-refractivity contribution in [1.82, 2.24) is 19.8 Å². The first kappa shape index (κ1) is 21.6. The zero-order valence-electron chi connectivity index (χ0n) is 18.8. The number of imidazole rings is 1. The van der Waals surface area contributed by atoms with Gasteiger partial charge in [-0.25, -0.2) is 4.98 Å². The maximum absolute atomic E-state index is 13.9. The Hall–Kier alpha value is -3.25. The second kappa shape index (κ2) is 9.71. The molecule has 3 aromatic rings. The average molecular weight is 443 g/mol. The topological polar surface area (TPSA) is 67.2 Å². The molecule has 2 atom stereocenters. The summed E-state index contributed by atoms with van der Waals surface area (Å²) in [6, 6.07) is 20.0. The third kappa shape index (κ3) is 4.48. The molecule has 0 radical (unpaired) electrons. The van der Waals surface area contributed by atoms with Gasteiger partial charge in [0.15, 0.2) is 11.5 Å². The van der Waals surface area contributed by atoms with Crippen LogP contribution in [0.2, 0.25) is 0 Å². The van der Waals surface area contributed by atoms with Crippen LogP contribution in [-0.2, 0) is 11.2 Å². The number of hydrogen-bond acceptors (Lipinski definition) is 4. The monoisotopic (exact) mass is 442 g/mol. The minimum atomic E-state index is -0.244. The molecule has 33 heavy (non-hydrogen) atoms. The maximum Gasteiger partial charge on any atom is 0.275 e. The zero-order chi connectivity index (χ0) is 22.6. The highest BCUT2D eigenvalue weighted by atomic mass is 16.2. The summed E-state index contributed by atoms with van der Waals surface area (Å²) in [7, 11) is 0. The molecule has 1 aromatic heterocycles. The van der Waals surface area contributed by atoms with E-state index in [9.17, 15) is 9.59 Å². The van der Waals surface area contributed by atoms with Crippen LogP contribution in [0.25, 0.3) is 11.3 Å². The Morgan fingerprint density at radius 1 is 1.03 bits per heavy atom. The molecule has 170 valence electrons. The lowest BCUT2D eigenvalue weighted by molar-refractivity contribution is -0.123. The number of nitrogens with zero attached hydrogens (tertiary/aromatic N) is 3. The molecule has 1 saturated carbocycles. The van der Waals surface area contributed by atoms with E-state index in [2.05, 4.69) is 22.4 Å². The van der Waals surface area contributed by atoms with Crippen molar-refractivity contribution in [3.8, 4) is 11.3 Å². The first-order valence-corrected chi connectivity index (χ1v) is 11.9. The molecule has 2 fully saturated rings. The molecule has 0 unspecified atom stereocenters. The van der Waals surface area contributed by atoms with Gasteiger partial charge in [0.2, 0.25) is 0 Å². The van der Waals surface area contributed by atoms with Gasteiger partial charge in [-0.1, -0.05) is 67.1 Å². The fraction of sp³-hybridized carbons (Fsp3) is 0.370. The number of benzene rings is 2. The lowest BCUT2D eigenvalue weighted by Crippen LogP contribution is -2.54. The highest BCUT2D eigenvalue weighted by molar-refractivity contribution is 5.99. The number of Topliss-reactive ketones (excluding diaryl/α,β-unsaturated/α-hetero) is 1. The number of piperazine rings is 1. The molecule has 6 heteroatoms. The van der Waals surface area contributed by atoms with Gasteiger partial charge >= 0.3 is 0 Å². The Kier molecular flexibility index (Phi) is 6.35. The fourth-order valence-corrected chi connectivity index (χ4v) is 5.13. The predicted octanol–water partition coefficient (Wildman–Crippen LogP) is 3.89. The number of rotatable bonds is 5. The van der Waals surface area contributed by atoms with Crippen LogP contribution in [0.15, 0.2) is 67.0 Å². The summed E-state index contributed by atoms with van der Waals surface area (Å²) in [5, 5.41) is 3.44. The van der Waals surface area contributed by atoms with Crippen molar-refractivity contribution in [1.29, 1.82) is 0 Å². The molecule has 2 heterocycles. The Morgan fingerprint density at radius 3 is 2.55 bits per heavy atom.